The molecule has 0 aromatic carbocycles. The summed E-state index contributed by atoms with van der Waals surface area (Å²) >= 11 is 0. The van der Waals surface area contributed by atoms with Crippen LogP contribution in [0.3, 0.4) is 0 Å². The second kappa shape index (κ2) is 8.04. The van der Waals surface area contributed by atoms with Crippen LogP contribution in [0.5, 0.6) is 0 Å². The van der Waals surface area contributed by atoms with Gasteiger partial charge in [0.1, 0.15) is 0 Å². The molecule has 1 rings (SSSR count). The van der Waals surface area contributed by atoms with Gasteiger partial charge in [-0.2, -0.15) is 0 Å². The van der Waals surface area contributed by atoms with E-state index in [2.05, 4.69) is 35.9 Å². The molecule has 0 aliphatic carbocycles. The van der Waals surface area contributed by atoms with Crippen LogP contribution in [-0.4, -0.2) is 62.2 Å². The first-order valence-electron chi connectivity index (χ1n) is 6.91. The molecule has 1 fully saturated rings. The summed E-state index contributed by atoms with van der Waals surface area (Å²) in [6.45, 7) is 16.4. The molecule has 0 spiro atoms. The minimum atomic E-state index is 0.913. The van der Waals surface area contributed by atoms with Gasteiger partial charge in [-0.05, 0) is 32.0 Å². The van der Waals surface area contributed by atoms with Crippen molar-refractivity contribution in [3.63, 3.8) is 0 Å². The minimum absolute atomic E-state index is 0.913. The van der Waals surface area contributed by atoms with E-state index < -0.39 is 0 Å². The van der Waals surface area contributed by atoms with Gasteiger partial charge in [0.15, 0.2) is 0 Å². The van der Waals surface area contributed by atoms with Crippen molar-refractivity contribution in [3.8, 4) is 0 Å². The zero-order valence-electron chi connectivity index (χ0n) is 11.3. The fraction of sp³-hybridized carbons (Fsp3) is 1.00. The number of nitrogens with zero attached hydrogens (tertiary/aromatic N) is 2. The second-order valence-corrected chi connectivity index (χ2v) is 4.97. The largest absolute Gasteiger partial charge is 0.314 e. The van der Waals surface area contributed by atoms with Gasteiger partial charge in [-0.1, -0.05) is 20.8 Å². The maximum Gasteiger partial charge on any atom is 0.0107 e. The zero-order chi connectivity index (χ0) is 11.8. The predicted octanol–water partition coefficient (Wildman–Crippen LogP) is 1.26. The van der Waals surface area contributed by atoms with Crippen LogP contribution in [0.1, 0.15) is 27.2 Å². The molecule has 16 heavy (non-hydrogen) atoms. The van der Waals surface area contributed by atoms with Crippen molar-refractivity contribution in [2.45, 2.75) is 27.2 Å². The molecule has 3 heteroatoms. The molecule has 0 bridgehead atoms. The smallest absolute Gasteiger partial charge is 0.0107 e. The Balaban J connectivity index is 1.91. The average molecular weight is 227 g/mol. The summed E-state index contributed by atoms with van der Waals surface area (Å²) in [7, 11) is 0. The molecule has 1 N–H and O–H groups in total. The van der Waals surface area contributed by atoms with Gasteiger partial charge in [0.2, 0.25) is 0 Å². The number of likely N-dealkylation sites (N-methyl/N-ethyl adjacent to an activating group) is 1. The molecule has 0 aromatic heterocycles. The molecule has 0 amide bonds. The molecule has 0 radical (unpaired) electrons. The van der Waals surface area contributed by atoms with Crippen molar-refractivity contribution in [2.24, 2.45) is 5.92 Å². The quantitative estimate of drug-likeness (QED) is 0.630. The third kappa shape index (κ3) is 5.28. The maximum absolute atomic E-state index is 3.54. The molecule has 0 saturated carbocycles. The predicted molar refractivity (Wildman–Crippen MR) is 70.9 cm³/mol. The van der Waals surface area contributed by atoms with Gasteiger partial charge < -0.3 is 15.1 Å². The number of hydrogen-bond acceptors (Lipinski definition) is 3. The second-order valence-electron chi connectivity index (χ2n) is 4.97. The van der Waals surface area contributed by atoms with Crippen molar-refractivity contribution in [2.75, 3.05) is 52.4 Å². The van der Waals surface area contributed by atoms with Gasteiger partial charge in [-0.25, -0.2) is 0 Å². The van der Waals surface area contributed by atoms with Crippen LogP contribution in [-0.2, 0) is 0 Å². The Morgan fingerprint density at radius 3 is 2.56 bits per heavy atom. The van der Waals surface area contributed by atoms with Crippen molar-refractivity contribution in [1.29, 1.82) is 0 Å². The van der Waals surface area contributed by atoms with E-state index in [0.717, 1.165) is 19.0 Å². The SMILES string of the molecule is CCN(CC)CCNCCN1CCC(C)C1. The van der Waals surface area contributed by atoms with Gasteiger partial charge in [0.05, 0.1) is 0 Å². The number of likely N-dealkylation sites (tertiary alicyclic amines) is 1. The molecule has 1 aliphatic heterocycles. The lowest BCUT2D eigenvalue weighted by atomic mass is 10.2. The van der Waals surface area contributed by atoms with Crippen LogP contribution < -0.4 is 5.32 Å². The fourth-order valence-corrected chi connectivity index (χ4v) is 2.37. The molecule has 1 heterocycles. The van der Waals surface area contributed by atoms with Crippen LogP contribution in [0.15, 0.2) is 0 Å². The normalized spacial score (nSPS) is 22.1. The minimum Gasteiger partial charge on any atom is -0.314 e. The summed E-state index contributed by atoms with van der Waals surface area (Å²) in [5.74, 6) is 0.913. The highest BCUT2D eigenvalue weighted by atomic mass is 15.2. The zero-order valence-corrected chi connectivity index (χ0v) is 11.3. The Kier molecular flexibility index (Phi) is 7.01. The van der Waals surface area contributed by atoms with Gasteiger partial charge in [0.25, 0.3) is 0 Å². The molecule has 1 unspecified atom stereocenters. The molecular formula is C13H29N3. The van der Waals surface area contributed by atoms with E-state index in [1.807, 2.05) is 0 Å². The fourth-order valence-electron chi connectivity index (χ4n) is 2.37. The maximum atomic E-state index is 3.54. The van der Waals surface area contributed by atoms with Crippen molar-refractivity contribution in [3.05, 3.63) is 0 Å². The molecule has 96 valence electrons. The Morgan fingerprint density at radius 2 is 2.00 bits per heavy atom. The summed E-state index contributed by atoms with van der Waals surface area (Å²) in [5.41, 5.74) is 0. The van der Waals surface area contributed by atoms with E-state index in [4.69, 9.17) is 0 Å². The van der Waals surface area contributed by atoms with Crippen molar-refractivity contribution >= 4 is 0 Å². The topological polar surface area (TPSA) is 18.5 Å². The summed E-state index contributed by atoms with van der Waals surface area (Å²) in [6.07, 6.45) is 1.39. The first-order valence-corrected chi connectivity index (χ1v) is 6.91. The van der Waals surface area contributed by atoms with Crippen LogP contribution in [0.2, 0.25) is 0 Å². The lowest BCUT2D eigenvalue weighted by Gasteiger charge is -2.19. The van der Waals surface area contributed by atoms with E-state index in [-0.39, 0.29) is 0 Å². The van der Waals surface area contributed by atoms with E-state index in [1.165, 1.54) is 45.7 Å². The number of hydrogen-bond donors (Lipinski definition) is 1. The van der Waals surface area contributed by atoms with E-state index in [9.17, 15) is 0 Å². The standard InChI is InChI=1S/C13H29N3/c1-4-15(5-2)10-7-14-8-11-16-9-6-13(3)12-16/h13-14H,4-12H2,1-3H3. The lowest BCUT2D eigenvalue weighted by Crippen LogP contribution is -2.36. The van der Waals surface area contributed by atoms with Crippen molar-refractivity contribution in [1.82, 2.24) is 15.1 Å². The van der Waals surface area contributed by atoms with E-state index in [0.29, 0.717) is 0 Å². The molecule has 0 aromatic rings. The summed E-state index contributed by atoms with van der Waals surface area (Å²) in [5, 5.41) is 3.54. The Labute approximate surface area is 101 Å². The van der Waals surface area contributed by atoms with Crippen molar-refractivity contribution < 1.29 is 0 Å². The molecule has 1 saturated heterocycles. The highest BCUT2D eigenvalue weighted by molar-refractivity contribution is 4.72. The van der Waals surface area contributed by atoms with Crippen LogP contribution in [0.4, 0.5) is 0 Å². The van der Waals surface area contributed by atoms with Crippen LogP contribution in [0.25, 0.3) is 0 Å². The highest BCUT2D eigenvalue weighted by Crippen LogP contribution is 2.13. The summed E-state index contributed by atoms with van der Waals surface area (Å²) < 4.78 is 0. The Morgan fingerprint density at radius 1 is 1.25 bits per heavy atom. The first-order chi connectivity index (χ1) is 7.76. The summed E-state index contributed by atoms with van der Waals surface area (Å²) in [4.78, 5) is 5.04. The average Bonchev–Trinajstić information content (AvgIpc) is 2.70. The third-order valence-corrected chi connectivity index (χ3v) is 3.61. The highest BCUT2D eigenvalue weighted by Gasteiger charge is 2.17. The Hall–Kier alpha value is -0.120. The van der Waals surface area contributed by atoms with Gasteiger partial charge >= 0.3 is 0 Å². The number of rotatable bonds is 8. The van der Waals surface area contributed by atoms with E-state index >= 15 is 0 Å². The van der Waals surface area contributed by atoms with Crippen LogP contribution >= 0.6 is 0 Å². The lowest BCUT2D eigenvalue weighted by molar-refractivity contribution is 0.291. The first kappa shape index (κ1) is 13.9. The van der Waals surface area contributed by atoms with Crippen LogP contribution in [0, 0.1) is 5.92 Å². The number of nitrogens with one attached hydrogen (secondary N) is 1. The third-order valence-electron chi connectivity index (χ3n) is 3.61. The molecular weight excluding hydrogens is 198 g/mol. The molecule has 1 atom stereocenters. The molecule has 3 nitrogen and oxygen atoms in total. The van der Waals surface area contributed by atoms with Gasteiger partial charge in [0, 0.05) is 32.7 Å². The monoisotopic (exact) mass is 227 g/mol. The van der Waals surface area contributed by atoms with E-state index in [1.54, 1.807) is 0 Å². The Bertz CT molecular complexity index is 169. The van der Waals surface area contributed by atoms with Gasteiger partial charge in [-0.15, -0.1) is 0 Å². The summed E-state index contributed by atoms with van der Waals surface area (Å²) in [6, 6.07) is 0. The van der Waals surface area contributed by atoms with Gasteiger partial charge in [-0.3, -0.25) is 0 Å². The molecule has 1 aliphatic rings.